The van der Waals surface area contributed by atoms with Gasteiger partial charge in [0.15, 0.2) is 0 Å². The van der Waals surface area contributed by atoms with E-state index in [0.717, 1.165) is 35.5 Å². The van der Waals surface area contributed by atoms with Gasteiger partial charge in [0.25, 0.3) is 0 Å². The molecule has 0 amide bonds. The molecule has 0 aromatic rings. The average molecular weight is 465 g/mol. The number of hydrogen-bond acceptors (Lipinski definition) is 2. The van der Waals surface area contributed by atoms with Gasteiger partial charge >= 0.3 is 0 Å². The second-order valence-electron chi connectivity index (χ2n) is 14.3. The minimum Gasteiger partial charge on any atom is -0.369 e. The van der Waals surface area contributed by atoms with Gasteiger partial charge < -0.3 is 10.6 Å². The summed E-state index contributed by atoms with van der Waals surface area (Å²) in [6, 6.07) is 1.01. The third-order valence-electron chi connectivity index (χ3n) is 11.9. The van der Waals surface area contributed by atoms with Gasteiger partial charge in [-0.15, -0.1) is 0 Å². The van der Waals surface area contributed by atoms with Crippen molar-refractivity contribution in [1.29, 1.82) is 0 Å². The Bertz CT molecular complexity index is 715. The molecule has 9 saturated carbocycles. The van der Waals surface area contributed by atoms with Gasteiger partial charge in [-0.25, -0.2) is 0 Å². The molecule has 4 heteroatoms. The molecule has 2 N–H and O–H groups in total. The van der Waals surface area contributed by atoms with Crippen LogP contribution in [0.1, 0.15) is 103 Å². The fourth-order valence-electron chi connectivity index (χ4n) is 11.5. The molecule has 0 aromatic heterocycles. The van der Waals surface area contributed by atoms with Crippen LogP contribution < -0.4 is 10.6 Å². The molecular weight excluding hydrogens is 416 g/mol. The Morgan fingerprint density at radius 1 is 0.529 bits per heavy atom. The van der Waals surface area contributed by atoms with E-state index in [2.05, 4.69) is 24.7 Å². The highest BCUT2D eigenvalue weighted by atomic mass is 15.1. The lowest BCUT2D eigenvalue weighted by Crippen LogP contribution is -2.61. The van der Waals surface area contributed by atoms with E-state index in [-0.39, 0.29) is 0 Å². The third-order valence-corrected chi connectivity index (χ3v) is 11.9. The van der Waals surface area contributed by atoms with Crippen LogP contribution in [0.5, 0.6) is 0 Å². The largest absolute Gasteiger partial charge is 0.369 e. The van der Waals surface area contributed by atoms with E-state index in [4.69, 9.17) is 9.98 Å². The molecule has 0 radical (unpaired) electrons. The van der Waals surface area contributed by atoms with Gasteiger partial charge in [0.2, 0.25) is 0 Å². The van der Waals surface area contributed by atoms with Crippen molar-refractivity contribution in [3.63, 3.8) is 0 Å². The Morgan fingerprint density at radius 2 is 0.824 bits per heavy atom. The van der Waals surface area contributed by atoms with Crippen molar-refractivity contribution in [2.45, 2.75) is 115 Å². The Labute approximate surface area is 207 Å². The summed E-state index contributed by atoms with van der Waals surface area (Å²) in [4.78, 5) is 10.0. The predicted octanol–water partition coefficient (Wildman–Crippen LogP) is 5.97. The van der Waals surface area contributed by atoms with E-state index < -0.39 is 0 Å². The van der Waals surface area contributed by atoms with Crippen LogP contribution in [0.15, 0.2) is 9.98 Å². The predicted molar refractivity (Wildman–Crippen MR) is 140 cm³/mol. The van der Waals surface area contributed by atoms with E-state index in [9.17, 15) is 0 Å². The van der Waals surface area contributed by atoms with Crippen LogP contribution in [-0.4, -0.2) is 37.9 Å². The molecule has 0 aromatic carbocycles. The maximum Gasteiger partial charge on any atom is 0.102 e. The molecule has 9 aliphatic rings. The van der Waals surface area contributed by atoms with Gasteiger partial charge in [-0.2, -0.15) is 0 Å². The molecule has 9 fully saturated rings. The average Bonchev–Trinajstić information content (AvgIpc) is 2.79. The van der Waals surface area contributed by atoms with Gasteiger partial charge in [-0.3, -0.25) is 9.98 Å². The molecule has 2 atom stereocenters. The third kappa shape index (κ3) is 3.59. The summed E-state index contributed by atoms with van der Waals surface area (Å²) in [6.45, 7) is 0. The summed E-state index contributed by atoms with van der Waals surface area (Å²) in [7, 11) is 4.14. The van der Waals surface area contributed by atoms with Crippen molar-refractivity contribution in [3.05, 3.63) is 0 Å². The minimum absolute atomic E-state index is 0.368. The standard InChI is InChI=1S/C30H48N4/c1-31-27(29-13-19-7-20(14-29)9-21(8-19)15-29)33-25-5-3-4-6-26(25)34-28(32-2)30-16-22-10-23(17-30)12-24(11-22)18-30/h19-26H,3-18H2,1-2H3,(H,31,33)(H,32,34). The van der Waals surface area contributed by atoms with Crippen LogP contribution in [0.4, 0.5) is 0 Å². The summed E-state index contributed by atoms with van der Waals surface area (Å²) >= 11 is 0. The van der Waals surface area contributed by atoms with Gasteiger partial charge in [0.05, 0.1) is 0 Å². The summed E-state index contributed by atoms with van der Waals surface area (Å²) in [5, 5.41) is 8.30. The highest BCUT2D eigenvalue weighted by Gasteiger charge is 2.55. The fraction of sp³-hybridized carbons (Fsp3) is 0.933. The quantitative estimate of drug-likeness (QED) is 0.398. The first kappa shape index (κ1) is 22.2. The monoisotopic (exact) mass is 464 g/mol. The summed E-state index contributed by atoms with van der Waals surface area (Å²) in [5.74, 6) is 8.60. The zero-order chi connectivity index (χ0) is 22.9. The van der Waals surface area contributed by atoms with E-state index in [1.807, 2.05) is 0 Å². The molecule has 188 valence electrons. The normalized spacial score (nSPS) is 51.7. The van der Waals surface area contributed by atoms with Crippen LogP contribution in [0, 0.1) is 46.3 Å². The zero-order valence-electron chi connectivity index (χ0n) is 21.8. The molecule has 4 nitrogen and oxygen atoms in total. The SMILES string of the molecule is CN=C(NC1CCCCC1NC(=NC)C12CC3CC(CC(C3)C1)C2)C12CC3CC(CC(C3)C1)C2. The van der Waals surface area contributed by atoms with Crippen LogP contribution in [-0.2, 0) is 0 Å². The van der Waals surface area contributed by atoms with Crippen molar-refractivity contribution >= 4 is 11.7 Å². The maximum absolute atomic E-state index is 5.01. The van der Waals surface area contributed by atoms with Crippen molar-refractivity contribution < 1.29 is 0 Å². The molecule has 2 unspecified atom stereocenters. The van der Waals surface area contributed by atoms with Gasteiger partial charge in [-0.1, -0.05) is 12.8 Å². The molecular formula is C30H48N4. The lowest BCUT2D eigenvalue weighted by atomic mass is 9.49. The number of aliphatic imine (C=N–C) groups is 2. The van der Waals surface area contributed by atoms with Crippen molar-refractivity contribution in [2.24, 2.45) is 56.3 Å². The van der Waals surface area contributed by atoms with E-state index in [1.54, 1.807) is 0 Å². The number of amidine groups is 2. The highest BCUT2D eigenvalue weighted by Crippen LogP contribution is 2.61. The Kier molecular flexibility index (Phi) is 5.37. The second-order valence-corrected chi connectivity index (χ2v) is 14.3. The lowest BCUT2D eigenvalue weighted by molar-refractivity contribution is -0.0157. The Balaban J connectivity index is 1.09. The minimum atomic E-state index is 0.368. The lowest BCUT2D eigenvalue weighted by Gasteiger charge is -2.58. The zero-order valence-corrected chi connectivity index (χ0v) is 21.8. The molecule has 0 heterocycles. The van der Waals surface area contributed by atoms with E-state index in [0.29, 0.717) is 22.9 Å². The number of rotatable bonds is 4. The number of nitrogens with zero attached hydrogens (tertiary/aromatic N) is 2. The van der Waals surface area contributed by atoms with Crippen molar-refractivity contribution in [3.8, 4) is 0 Å². The van der Waals surface area contributed by atoms with Crippen LogP contribution in [0.3, 0.4) is 0 Å². The molecule has 0 saturated heterocycles. The van der Waals surface area contributed by atoms with Gasteiger partial charge in [0, 0.05) is 37.0 Å². The molecule has 9 aliphatic carbocycles. The first-order chi connectivity index (χ1) is 16.6. The Morgan fingerprint density at radius 3 is 1.09 bits per heavy atom. The van der Waals surface area contributed by atoms with Gasteiger partial charge in [0.1, 0.15) is 11.7 Å². The Hall–Kier alpha value is -1.06. The van der Waals surface area contributed by atoms with E-state index >= 15 is 0 Å². The highest BCUT2D eigenvalue weighted by molar-refractivity contribution is 5.90. The summed E-state index contributed by atoms with van der Waals surface area (Å²) in [5.41, 5.74) is 0.736. The first-order valence-corrected chi connectivity index (χ1v) is 15.0. The van der Waals surface area contributed by atoms with E-state index in [1.165, 1.54) is 114 Å². The fourth-order valence-corrected chi connectivity index (χ4v) is 11.5. The summed E-state index contributed by atoms with van der Waals surface area (Å²) < 4.78 is 0. The smallest absolute Gasteiger partial charge is 0.102 e. The first-order valence-electron chi connectivity index (χ1n) is 15.0. The summed E-state index contributed by atoms with van der Waals surface area (Å²) in [6.07, 6.45) is 22.7. The van der Waals surface area contributed by atoms with Gasteiger partial charge in [-0.05, 0) is 125 Å². The number of hydrogen-bond donors (Lipinski definition) is 2. The number of nitrogens with one attached hydrogen (secondary N) is 2. The second kappa shape index (κ2) is 8.23. The van der Waals surface area contributed by atoms with Crippen LogP contribution in [0.25, 0.3) is 0 Å². The molecule has 34 heavy (non-hydrogen) atoms. The maximum atomic E-state index is 5.01. The molecule has 0 aliphatic heterocycles. The van der Waals surface area contributed by atoms with Crippen LogP contribution >= 0.6 is 0 Å². The molecule has 8 bridgehead atoms. The van der Waals surface area contributed by atoms with Crippen LogP contribution in [0.2, 0.25) is 0 Å². The molecule has 0 spiro atoms. The van der Waals surface area contributed by atoms with Crippen molar-refractivity contribution in [2.75, 3.05) is 14.1 Å². The molecule has 9 rings (SSSR count). The van der Waals surface area contributed by atoms with Crippen molar-refractivity contribution in [1.82, 2.24) is 10.6 Å². The topological polar surface area (TPSA) is 48.8 Å².